The third-order valence-electron chi connectivity index (χ3n) is 6.96. The minimum Gasteiger partial charge on any atom is -0.496 e. The smallest absolute Gasteiger partial charge is 0.254 e. The van der Waals surface area contributed by atoms with E-state index in [0.717, 1.165) is 22.3 Å². The lowest BCUT2D eigenvalue weighted by atomic mass is 9.67. The molecule has 6 heteroatoms. The van der Waals surface area contributed by atoms with Crippen LogP contribution >= 0.6 is 0 Å². The molecule has 0 radical (unpaired) electrons. The Labute approximate surface area is 176 Å². The van der Waals surface area contributed by atoms with Crippen LogP contribution in [0.15, 0.2) is 36.4 Å². The fraction of sp³-hybridized carbons (Fsp3) is 0.417. The first-order valence-electron chi connectivity index (χ1n) is 10.4. The number of amides is 2. The highest BCUT2D eigenvalue weighted by atomic mass is 16.5. The Morgan fingerprint density at radius 2 is 2.00 bits per heavy atom. The maximum absolute atomic E-state index is 13.0. The number of methoxy groups -OCH3 is 1. The predicted octanol–water partition coefficient (Wildman–Crippen LogP) is 2.82. The van der Waals surface area contributed by atoms with E-state index in [1.807, 2.05) is 42.2 Å². The highest BCUT2D eigenvalue weighted by Crippen LogP contribution is 2.43. The summed E-state index contributed by atoms with van der Waals surface area (Å²) < 4.78 is 5.39. The Kier molecular flexibility index (Phi) is 5.28. The molecule has 1 aliphatic heterocycles. The maximum Gasteiger partial charge on any atom is 0.254 e. The van der Waals surface area contributed by atoms with Crippen molar-refractivity contribution in [3.63, 3.8) is 0 Å². The summed E-state index contributed by atoms with van der Waals surface area (Å²) in [5.74, 6) is 0.282. The molecule has 3 N–H and O–H groups in total. The van der Waals surface area contributed by atoms with Crippen molar-refractivity contribution in [3.8, 4) is 5.75 Å². The summed E-state index contributed by atoms with van der Waals surface area (Å²) in [4.78, 5) is 27.5. The van der Waals surface area contributed by atoms with Crippen LogP contribution < -0.4 is 10.5 Å². The van der Waals surface area contributed by atoms with Crippen LogP contribution in [0.1, 0.15) is 58.3 Å². The van der Waals surface area contributed by atoms with Gasteiger partial charge in [0.15, 0.2) is 0 Å². The Bertz CT molecular complexity index is 993. The Hall–Kier alpha value is -2.86. The molecule has 0 atom stereocenters. The van der Waals surface area contributed by atoms with E-state index in [1.165, 1.54) is 0 Å². The van der Waals surface area contributed by atoms with Gasteiger partial charge in [0.2, 0.25) is 5.91 Å². The molecule has 2 aromatic carbocycles. The molecule has 2 aromatic rings. The van der Waals surface area contributed by atoms with Crippen molar-refractivity contribution in [3.05, 3.63) is 64.2 Å². The number of ether oxygens (including phenoxy) is 1. The monoisotopic (exact) mass is 408 g/mol. The second-order valence-electron chi connectivity index (χ2n) is 8.40. The number of aliphatic hydroxyl groups is 1. The van der Waals surface area contributed by atoms with E-state index in [1.54, 1.807) is 13.2 Å². The quantitative estimate of drug-likeness (QED) is 0.796. The zero-order valence-electron chi connectivity index (χ0n) is 17.5. The highest BCUT2D eigenvalue weighted by molar-refractivity contribution is 5.99. The first kappa shape index (κ1) is 20.4. The average molecular weight is 408 g/mol. The first-order valence-corrected chi connectivity index (χ1v) is 10.4. The zero-order valence-corrected chi connectivity index (χ0v) is 17.5. The van der Waals surface area contributed by atoms with E-state index in [2.05, 4.69) is 0 Å². The van der Waals surface area contributed by atoms with Crippen molar-refractivity contribution in [1.29, 1.82) is 0 Å². The largest absolute Gasteiger partial charge is 0.496 e. The van der Waals surface area contributed by atoms with Gasteiger partial charge in [0.05, 0.1) is 19.1 Å². The number of nitrogens with two attached hydrogens (primary N) is 1. The molecule has 0 unspecified atom stereocenters. The summed E-state index contributed by atoms with van der Waals surface area (Å²) in [5.41, 5.74) is 9.65. The van der Waals surface area contributed by atoms with Crippen molar-refractivity contribution >= 4 is 11.8 Å². The minimum absolute atomic E-state index is 0.0826. The number of rotatable bonds is 5. The molecule has 1 heterocycles. The van der Waals surface area contributed by atoms with Crippen molar-refractivity contribution in [2.75, 3.05) is 7.11 Å². The molecule has 1 fully saturated rings. The van der Waals surface area contributed by atoms with Gasteiger partial charge < -0.3 is 20.5 Å². The van der Waals surface area contributed by atoms with Gasteiger partial charge in [0.25, 0.3) is 5.91 Å². The average Bonchev–Trinajstić information content (AvgIpc) is 3.11. The number of fused-ring (bicyclic) bond motifs is 1. The van der Waals surface area contributed by atoms with Gasteiger partial charge in [-0.05, 0) is 61.4 Å². The van der Waals surface area contributed by atoms with Gasteiger partial charge in [-0.25, -0.2) is 0 Å². The van der Waals surface area contributed by atoms with Crippen molar-refractivity contribution < 1.29 is 19.4 Å². The molecule has 1 aliphatic carbocycles. The summed E-state index contributed by atoms with van der Waals surface area (Å²) in [6.45, 7) is 2.54. The number of benzene rings is 2. The van der Waals surface area contributed by atoms with Gasteiger partial charge in [-0.2, -0.15) is 0 Å². The lowest BCUT2D eigenvalue weighted by molar-refractivity contribution is -0.125. The highest BCUT2D eigenvalue weighted by Gasteiger charge is 2.45. The van der Waals surface area contributed by atoms with Crippen LogP contribution in [0.2, 0.25) is 0 Å². The van der Waals surface area contributed by atoms with Gasteiger partial charge in [-0.3, -0.25) is 9.59 Å². The maximum atomic E-state index is 13.0. The number of aliphatic hydroxyl groups excluding tert-OH is 1. The van der Waals surface area contributed by atoms with E-state index < -0.39 is 5.41 Å². The van der Waals surface area contributed by atoms with Crippen molar-refractivity contribution in [2.45, 2.75) is 57.2 Å². The molecule has 0 spiro atoms. The number of aryl methyl sites for hydroxylation is 1. The summed E-state index contributed by atoms with van der Waals surface area (Å²) in [6, 6.07) is 11.4. The van der Waals surface area contributed by atoms with Crippen LogP contribution in [0.3, 0.4) is 0 Å². The first-order chi connectivity index (χ1) is 14.4. The molecule has 30 heavy (non-hydrogen) atoms. The zero-order chi connectivity index (χ0) is 21.5. The van der Waals surface area contributed by atoms with Gasteiger partial charge in [-0.1, -0.05) is 24.3 Å². The van der Waals surface area contributed by atoms with E-state index in [4.69, 9.17) is 10.5 Å². The minimum atomic E-state index is -0.788. The van der Waals surface area contributed by atoms with Crippen LogP contribution in [-0.4, -0.2) is 35.0 Å². The lowest BCUT2D eigenvalue weighted by Crippen LogP contribution is -2.48. The second-order valence-corrected chi connectivity index (χ2v) is 8.40. The normalized spacial score (nSPS) is 23.4. The molecular formula is C24H28N2O4. The summed E-state index contributed by atoms with van der Waals surface area (Å²) in [7, 11) is 1.55. The topological polar surface area (TPSA) is 92.9 Å². The van der Waals surface area contributed by atoms with E-state index >= 15 is 0 Å². The van der Waals surface area contributed by atoms with Gasteiger partial charge in [0, 0.05) is 23.7 Å². The second kappa shape index (κ2) is 7.76. The number of hydrogen-bond donors (Lipinski definition) is 2. The summed E-state index contributed by atoms with van der Waals surface area (Å²) in [5, 5.41) is 9.49. The summed E-state index contributed by atoms with van der Waals surface area (Å²) >= 11 is 0. The van der Waals surface area contributed by atoms with Crippen molar-refractivity contribution in [1.82, 2.24) is 4.90 Å². The van der Waals surface area contributed by atoms with Crippen LogP contribution in [0, 0.1) is 6.92 Å². The fourth-order valence-electron chi connectivity index (χ4n) is 5.06. The van der Waals surface area contributed by atoms with Gasteiger partial charge in [0.1, 0.15) is 5.75 Å². The molecule has 0 bridgehead atoms. The van der Waals surface area contributed by atoms with E-state index in [9.17, 15) is 14.7 Å². The number of carbonyl (C=O) groups excluding carboxylic acids is 2. The van der Waals surface area contributed by atoms with Gasteiger partial charge >= 0.3 is 0 Å². The Balaban J connectivity index is 1.57. The summed E-state index contributed by atoms with van der Waals surface area (Å²) in [6.07, 6.45) is 2.58. The molecule has 0 aromatic heterocycles. The predicted molar refractivity (Wildman–Crippen MR) is 113 cm³/mol. The Morgan fingerprint density at radius 3 is 2.60 bits per heavy atom. The van der Waals surface area contributed by atoms with E-state index in [0.29, 0.717) is 43.5 Å². The fourth-order valence-corrected chi connectivity index (χ4v) is 5.06. The molecule has 158 valence electrons. The van der Waals surface area contributed by atoms with Crippen LogP contribution in [0.25, 0.3) is 0 Å². The molecule has 2 aliphatic rings. The number of nitrogens with zero attached hydrogens (tertiary/aromatic N) is 1. The third kappa shape index (κ3) is 3.16. The Morgan fingerprint density at radius 1 is 1.27 bits per heavy atom. The SMILES string of the molecule is COc1cc(C2(C(N)=O)CCC(N3Cc4c(C)cccc4C3=O)CC2)ccc1CO. The van der Waals surface area contributed by atoms with Crippen molar-refractivity contribution in [2.24, 2.45) is 5.73 Å². The lowest BCUT2D eigenvalue weighted by Gasteiger charge is -2.41. The molecule has 2 amide bonds. The van der Waals surface area contributed by atoms with E-state index in [-0.39, 0.29) is 24.5 Å². The van der Waals surface area contributed by atoms with Crippen LogP contribution in [-0.2, 0) is 23.4 Å². The molecule has 6 nitrogen and oxygen atoms in total. The molecular weight excluding hydrogens is 380 g/mol. The standard InChI is InChI=1S/C24H28N2O4/c1-15-4-3-5-19-20(15)13-26(22(19)28)18-8-10-24(11-9-18,23(25)29)17-7-6-16(14-27)21(12-17)30-2/h3-7,12,18,27H,8-11,13-14H2,1-2H3,(H2,25,29). The molecule has 0 saturated heterocycles. The number of hydrogen-bond acceptors (Lipinski definition) is 4. The molecule has 1 saturated carbocycles. The third-order valence-corrected chi connectivity index (χ3v) is 6.96. The number of carbonyl (C=O) groups is 2. The van der Waals surface area contributed by atoms with Gasteiger partial charge in [-0.15, -0.1) is 0 Å². The molecule has 4 rings (SSSR count). The number of primary amides is 1. The van der Waals surface area contributed by atoms with Crippen LogP contribution in [0.4, 0.5) is 0 Å². The van der Waals surface area contributed by atoms with Crippen LogP contribution in [0.5, 0.6) is 5.75 Å².